The fraction of sp³-hybridized carbons (Fsp3) is 0.105. The van der Waals surface area contributed by atoms with Gasteiger partial charge in [0.25, 0.3) is 0 Å². The Morgan fingerprint density at radius 3 is 2.75 bits per heavy atom. The number of halogens is 2. The van der Waals surface area contributed by atoms with Crippen LogP contribution in [0, 0.1) is 0 Å². The Morgan fingerprint density at radius 2 is 1.92 bits per heavy atom. The molecule has 0 atom stereocenters. The largest absolute Gasteiger partial charge is 0.337 e. The average molecular weight is 374 g/mol. The molecule has 0 saturated heterocycles. The van der Waals surface area contributed by atoms with Crippen molar-refractivity contribution in [1.82, 2.24) is 0 Å². The molecule has 0 fully saturated rings. The van der Waals surface area contributed by atoms with Gasteiger partial charge in [0.05, 0.1) is 21.1 Å². The molecule has 0 N–H and O–H groups in total. The number of hydrogen-bond acceptors (Lipinski definition) is 2. The van der Waals surface area contributed by atoms with Crippen LogP contribution in [0.1, 0.15) is 5.56 Å². The van der Waals surface area contributed by atoms with Gasteiger partial charge in [-0.05, 0) is 29.8 Å². The van der Waals surface area contributed by atoms with Gasteiger partial charge in [0.2, 0.25) is 5.52 Å². The first-order valence-corrected chi connectivity index (χ1v) is 9.11. The van der Waals surface area contributed by atoms with E-state index in [2.05, 4.69) is 59.1 Å². The number of benzene rings is 2. The maximum Gasteiger partial charge on any atom is 0.212 e. The SMILES string of the molecule is CN1/C(=C/c2cc[n+](C)c3ccccc23)Sc2cc(Cl)cc(Cl)c21. The van der Waals surface area contributed by atoms with Crippen molar-refractivity contribution in [3.8, 4) is 0 Å². The third-order valence-electron chi connectivity index (χ3n) is 4.23. The Hall–Kier alpha value is -1.68. The molecule has 0 spiro atoms. The quantitative estimate of drug-likeness (QED) is 0.519. The summed E-state index contributed by atoms with van der Waals surface area (Å²) in [6.45, 7) is 0. The second-order valence-electron chi connectivity index (χ2n) is 5.78. The molecule has 5 heteroatoms. The maximum atomic E-state index is 6.38. The number of para-hydroxylation sites is 1. The van der Waals surface area contributed by atoms with Gasteiger partial charge in [-0.15, -0.1) is 0 Å². The van der Waals surface area contributed by atoms with E-state index in [0.29, 0.717) is 10.0 Å². The molecule has 1 aromatic heterocycles. The Kier molecular flexibility index (Phi) is 3.95. The van der Waals surface area contributed by atoms with Crippen LogP contribution in [-0.2, 0) is 7.05 Å². The Labute approximate surface area is 155 Å². The molecule has 1 aliphatic heterocycles. The molecule has 0 unspecified atom stereocenters. The van der Waals surface area contributed by atoms with Gasteiger partial charge in [0, 0.05) is 29.1 Å². The molecule has 24 heavy (non-hydrogen) atoms. The third-order valence-corrected chi connectivity index (χ3v) is 5.86. The molecule has 0 amide bonds. The summed E-state index contributed by atoms with van der Waals surface area (Å²) in [7, 11) is 4.10. The first kappa shape index (κ1) is 15.8. The molecular formula is C19H15Cl2N2S+. The van der Waals surface area contributed by atoms with E-state index < -0.39 is 0 Å². The minimum Gasteiger partial charge on any atom is -0.337 e. The van der Waals surface area contributed by atoms with Crippen molar-refractivity contribution in [1.29, 1.82) is 0 Å². The van der Waals surface area contributed by atoms with Crippen molar-refractivity contribution >= 4 is 57.6 Å². The van der Waals surface area contributed by atoms with E-state index in [0.717, 1.165) is 15.6 Å². The molecule has 0 aliphatic carbocycles. The van der Waals surface area contributed by atoms with Crippen molar-refractivity contribution in [2.75, 3.05) is 11.9 Å². The number of aromatic nitrogens is 1. The van der Waals surface area contributed by atoms with Crippen LogP contribution in [-0.4, -0.2) is 7.05 Å². The summed E-state index contributed by atoms with van der Waals surface area (Å²) in [6, 6.07) is 14.3. The molecule has 0 saturated carbocycles. The third kappa shape index (κ3) is 2.57. The lowest BCUT2D eigenvalue weighted by molar-refractivity contribution is -0.644. The van der Waals surface area contributed by atoms with Gasteiger partial charge in [0.1, 0.15) is 7.05 Å². The van der Waals surface area contributed by atoms with Crippen molar-refractivity contribution in [3.05, 3.63) is 69.3 Å². The van der Waals surface area contributed by atoms with Crippen LogP contribution in [0.3, 0.4) is 0 Å². The number of rotatable bonds is 1. The Morgan fingerprint density at radius 1 is 1.12 bits per heavy atom. The fourth-order valence-electron chi connectivity index (χ4n) is 3.01. The molecule has 2 heterocycles. The smallest absolute Gasteiger partial charge is 0.212 e. The summed E-state index contributed by atoms with van der Waals surface area (Å²) in [5, 5.41) is 3.70. The zero-order chi connectivity index (χ0) is 16.8. The van der Waals surface area contributed by atoms with Gasteiger partial charge in [0.15, 0.2) is 6.20 Å². The molecular weight excluding hydrogens is 359 g/mol. The number of aryl methyl sites for hydroxylation is 1. The number of thioether (sulfide) groups is 1. The maximum absolute atomic E-state index is 6.38. The highest BCUT2D eigenvalue weighted by molar-refractivity contribution is 8.03. The molecule has 0 radical (unpaired) electrons. The van der Waals surface area contributed by atoms with Gasteiger partial charge < -0.3 is 4.90 Å². The molecule has 2 aromatic carbocycles. The zero-order valence-electron chi connectivity index (χ0n) is 13.3. The molecule has 1 aliphatic rings. The number of fused-ring (bicyclic) bond motifs is 2. The highest BCUT2D eigenvalue weighted by Crippen LogP contribution is 2.50. The fourth-order valence-corrected chi connectivity index (χ4v) is 4.92. The minimum absolute atomic E-state index is 0.665. The van der Waals surface area contributed by atoms with E-state index in [9.17, 15) is 0 Å². The van der Waals surface area contributed by atoms with E-state index in [-0.39, 0.29) is 0 Å². The van der Waals surface area contributed by atoms with Gasteiger partial charge in [-0.2, -0.15) is 0 Å². The van der Waals surface area contributed by atoms with E-state index in [1.165, 1.54) is 16.5 Å². The second kappa shape index (κ2) is 5.99. The van der Waals surface area contributed by atoms with Gasteiger partial charge in [-0.1, -0.05) is 47.1 Å². The average Bonchev–Trinajstić information content (AvgIpc) is 2.86. The summed E-state index contributed by atoms with van der Waals surface area (Å²) in [5.41, 5.74) is 3.41. The number of pyridine rings is 1. The van der Waals surface area contributed by atoms with Crippen molar-refractivity contribution in [2.45, 2.75) is 4.90 Å². The number of hydrogen-bond donors (Lipinski definition) is 0. The molecule has 0 bridgehead atoms. The minimum atomic E-state index is 0.665. The van der Waals surface area contributed by atoms with Crippen LogP contribution in [0.2, 0.25) is 10.0 Å². The van der Waals surface area contributed by atoms with E-state index in [1.54, 1.807) is 17.8 Å². The molecule has 3 aromatic rings. The number of nitrogens with zero attached hydrogens (tertiary/aromatic N) is 2. The predicted molar refractivity (Wildman–Crippen MR) is 104 cm³/mol. The van der Waals surface area contributed by atoms with Crippen LogP contribution in [0.25, 0.3) is 17.0 Å². The van der Waals surface area contributed by atoms with Crippen LogP contribution >= 0.6 is 35.0 Å². The van der Waals surface area contributed by atoms with Crippen LogP contribution in [0.4, 0.5) is 5.69 Å². The first-order valence-electron chi connectivity index (χ1n) is 7.54. The van der Waals surface area contributed by atoms with Crippen LogP contribution in [0.15, 0.2) is 58.6 Å². The standard InChI is InChI=1S/C19H15Cl2N2S/c1-22-8-7-12(14-5-3-4-6-16(14)22)9-18-23(2)19-15(21)10-13(20)11-17(19)24-18/h3-11H,1-2H3/q+1. The summed E-state index contributed by atoms with van der Waals surface area (Å²) in [5.74, 6) is 0. The predicted octanol–water partition coefficient (Wildman–Crippen LogP) is 5.51. The highest BCUT2D eigenvalue weighted by Gasteiger charge is 2.25. The van der Waals surface area contributed by atoms with Crippen molar-refractivity contribution in [2.24, 2.45) is 7.05 Å². The monoisotopic (exact) mass is 373 g/mol. The van der Waals surface area contributed by atoms with Crippen molar-refractivity contribution in [3.63, 3.8) is 0 Å². The lowest BCUT2D eigenvalue weighted by Crippen LogP contribution is -2.28. The highest BCUT2D eigenvalue weighted by atomic mass is 35.5. The second-order valence-corrected chi connectivity index (χ2v) is 7.68. The zero-order valence-corrected chi connectivity index (χ0v) is 15.6. The summed E-state index contributed by atoms with van der Waals surface area (Å²) in [4.78, 5) is 3.22. The lowest BCUT2D eigenvalue weighted by atomic mass is 10.1. The van der Waals surface area contributed by atoms with Gasteiger partial charge in [-0.3, -0.25) is 0 Å². The first-order chi connectivity index (χ1) is 11.5. The molecule has 4 rings (SSSR count). The lowest BCUT2D eigenvalue weighted by Gasteiger charge is -2.15. The topological polar surface area (TPSA) is 7.12 Å². The summed E-state index contributed by atoms with van der Waals surface area (Å²) in [6.07, 6.45) is 4.29. The number of anilines is 1. The normalized spacial score (nSPS) is 15.3. The van der Waals surface area contributed by atoms with Crippen LogP contribution in [0.5, 0.6) is 0 Å². The molecule has 120 valence electrons. The van der Waals surface area contributed by atoms with E-state index in [1.807, 2.05) is 13.1 Å². The van der Waals surface area contributed by atoms with Crippen LogP contribution < -0.4 is 9.47 Å². The van der Waals surface area contributed by atoms with Gasteiger partial charge in [-0.25, -0.2) is 4.57 Å². The summed E-state index contributed by atoms with van der Waals surface area (Å²) >= 11 is 14.2. The van der Waals surface area contributed by atoms with Gasteiger partial charge >= 0.3 is 0 Å². The van der Waals surface area contributed by atoms with E-state index in [4.69, 9.17) is 23.2 Å². The van der Waals surface area contributed by atoms with E-state index >= 15 is 0 Å². The Bertz CT molecular complexity index is 998. The Balaban J connectivity index is 1.84. The molecule has 2 nitrogen and oxygen atoms in total. The van der Waals surface area contributed by atoms with Crippen molar-refractivity contribution < 1.29 is 4.57 Å². The summed E-state index contributed by atoms with van der Waals surface area (Å²) < 4.78 is 2.13.